The van der Waals surface area contributed by atoms with Crippen LogP contribution in [0.5, 0.6) is 0 Å². The average molecular weight is 510 g/mol. The summed E-state index contributed by atoms with van der Waals surface area (Å²) < 4.78 is 11.5. The van der Waals surface area contributed by atoms with Gasteiger partial charge in [0, 0.05) is 58.1 Å². The Balaban J connectivity index is 1.23. The van der Waals surface area contributed by atoms with Crippen molar-refractivity contribution in [2.75, 3.05) is 64.2 Å². The predicted octanol–water partition coefficient (Wildman–Crippen LogP) is 3.51. The molecule has 2 N–H and O–H groups in total. The van der Waals surface area contributed by atoms with E-state index in [4.69, 9.17) is 9.47 Å². The topological polar surface area (TPSA) is 105 Å². The Morgan fingerprint density at radius 1 is 1.22 bits per heavy atom. The third kappa shape index (κ3) is 5.28. The third-order valence-electron chi connectivity index (χ3n) is 6.62. The molecule has 0 fully saturated rings. The minimum atomic E-state index is 0.0253. The van der Waals surface area contributed by atoms with Gasteiger partial charge in [-0.1, -0.05) is 6.08 Å². The fourth-order valence-electron chi connectivity index (χ4n) is 4.63. The van der Waals surface area contributed by atoms with E-state index >= 15 is 0 Å². The first kappa shape index (κ1) is 24.4. The quantitative estimate of drug-likeness (QED) is 0.422. The van der Waals surface area contributed by atoms with E-state index in [-0.39, 0.29) is 12.1 Å². The monoisotopic (exact) mass is 509 g/mol. The van der Waals surface area contributed by atoms with Crippen molar-refractivity contribution in [3.8, 4) is 0 Å². The lowest BCUT2D eigenvalue weighted by Crippen LogP contribution is -2.47. The maximum absolute atomic E-state index is 13.1. The molecule has 1 aromatic carbocycles. The number of carbonyl (C=O) groups excluding carboxylic acids is 1. The number of fused-ring (bicyclic) bond motifs is 2. The fraction of sp³-hybridized carbons (Fsp3) is 0.440. The lowest BCUT2D eigenvalue weighted by molar-refractivity contribution is 0.105. The number of amides is 2. The van der Waals surface area contributed by atoms with Crippen LogP contribution >= 0.6 is 11.3 Å². The second-order valence-corrected chi connectivity index (χ2v) is 9.73. The Morgan fingerprint density at radius 2 is 2.06 bits per heavy atom. The Hall–Kier alpha value is -3.28. The zero-order valence-corrected chi connectivity index (χ0v) is 21.4. The Labute approximate surface area is 214 Å². The van der Waals surface area contributed by atoms with E-state index in [1.807, 2.05) is 22.5 Å². The standard InChI is InChI=1S/C25H31N7O3S/c1-34-11-9-32(10-12-35-2)25(33)31-7-5-17(6-8-31)21-14-19-23(26-15-27-24(19)30-21)29-18-3-4-20-22(13-18)36-16-28-20/h3-5,13,15-16,21H,6-12,14H2,1-2H3,(H2,26,27,29,30). The Morgan fingerprint density at radius 3 is 2.81 bits per heavy atom. The molecule has 5 rings (SSSR count). The van der Waals surface area contributed by atoms with Gasteiger partial charge >= 0.3 is 6.03 Å². The summed E-state index contributed by atoms with van der Waals surface area (Å²) >= 11 is 1.62. The molecule has 0 radical (unpaired) electrons. The summed E-state index contributed by atoms with van der Waals surface area (Å²) in [5.41, 5.74) is 6.21. The lowest BCUT2D eigenvalue weighted by atomic mass is 9.97. The van der Waals surface area contributed by atoms with Crippen LogP contribution in [0.25, 0.3) is 10.2 Å². The number of urea groups is 1. The number of ether oxygens (including phenoxy) is 2. The molecular weight excluding hydrogens is 478 g/mol. The normalized spacial score (nSPS) is 17.0. The lowest BCUT2D eigenvalue weighted by Gasteiger charge is -2.33. The van der Waals surface area contributed by atoms with Crippen LogP contribution in [0.2, 0.25) is 0 Å². The van der Waals surface area contributed by atoms with Gasteiger partial charge in [0.15, 0.2) is 0 Å². The predicted molar refractivity (Wildman–Crippen MR) is 141 cm³/mol. The molecule has 11 heteroatoms. The average Bonchev–Trinajstić information content (AvgIpc) is 3.56. The number of hydrogen-bond donors (Lipinski definition) is 2. The summed E-state index contributed by atoms with van der Waals surface area (Å²) in [7, 11) is 3.29. The molecule has 0 saturated carbocycles. The van der Waals surface area contributed by atoms with Gasteiger partial charge in [0.2, 0.25) is 0 Å². The second kappa shape index (κ2) is 11.2. The van der Waals surface area contributed by atoms with E-state index in [1.54, 1.807) is 36.8 Å². The number of anilines is 3. The number of nitrogens with one attached hydrogen (secondary N) is 2. The van der Waals surface area contributed by atoms with E-state index in [0.29, 0.717) is 39.4 Å². The van der Waals surface area contributed by atoms with Crippen LogP contribution in [-0.2, 0) is 15.9 Å². The second-order valence-electron chi connectivity index (χ2n) is 8.84. The summed E-state index contributed by atoms with van der Waals surface area (Å²) in [6, 6.07) is 6.31. The fourth-order valence-corrected chi connectivity index (χ4v) is 5.35. The van der Waals surface area contributed by atoms with Gasteiger partial charge in [0.05, 0.1) is 35.0 Å². The smallest absolute Gasteiger partial charge is 0.320 e. The van der Waals surface area contributed by atoms with Crippen molar-refractivity contribution in [3.63, 3.8) is 0 Å². The number of aromatic nitrogens is 3. The zero-order chi connectivity index (χ0) is 24.9. The van der Waals surface area contributed by atoms with Crippen molar-refractivity contribution < 1.29 is 14.3 Å². The van der Waals surface area contributed by atoms with Crippen LogP contribution in [0.1, 0.15) is 12.0 Å². The Bertz CT molecular complexity index is 1240. The first-order valence-electron chi connectivity index (χ1n) is 12.1. The van der Waals surface area contributed by atoms with Crippen molar-refractivity contribution in [3.05, 3.63) is 47.2 Å². The molecule has 1 unspecified atom stereocenters. The highest BCUT2D eigenvalue weighted by atomic mass is 32.1. The van der Waals surface area contributed by atoms with Crippen molar-refractivity contribution in [2.45, 2.75) is 18.9 Å². The molecule has 10 nitrogen and oxygen atoms in total. The minimum Gasteiger partial charge on any atom is -0.383 e. The van der Waals surface area contributed by atoms with Crippen LogP contribution in [0.15, 0.2) is 41.7 Å². The van der Waals surface area contributed by atoms with Gasteiger partial charge in [-0.2, -0.15) is 0 Å². The highest BCUT2D eigenvalue weighted by Crippen LogP contribution is 2.34. The highest BCUT2D eigenvalue weighted by Gasteiger charge is 2.30. The van der Waals surface area contributed by atoms with Crippen molar-refractivity contribution >= 4 is 44.9 Å². The van der Waals surface area contributed by atoms with Gasteiger partial charge in [-0.3, -0.25) is 0 Å². The number of nitrogens with zero attached hydrogens (tertiary/aromatic N) is 5. The maximum Gasteiger partial charge on any atom is 0.320 e. The molecule has 2 aliphatic rings. The number of hydrogen-bond acceptors (Lipinski definition) is 9. The molecule has 2 amide bonds. The first-order chi connectivity index (χ1) is 17.7. The van der Waals surface area contributed by atoms with Crippen LogP contribution < -0.4 is 10.6 Å². The van der Waals surface area contributed by atoms with Crippen LogP contribution in [-0.4, -0.2) is 90.4 Å². The molecule has 4 heterocycles. The molecule has 0 bridgehead atoms. The van der Waals surface area contributed by atoms with E-state index < -0.39 is 0 Å². The summed E-state index contributed by atoms with van der Waals surface area (Å²) in [4.78, 5) is 30.1. The SMILES string of the molecule is COCCN(CCOC)C(=O)N1CC=C(C2Cc3c(Nc4ccc5ncsc5c4)ncnc3N2)CC1. The first-order valence-corrected chi connectivity index (χ1v) is 13.0. The molecule has 190 valence electrons. The molecule has 2 aromatic heterocycles. The summed E-state index contributed by atoms with van der Waals surface area (Å²) in [6.07, 6.45) is 5.38. The molecular formula is C25H31N7O3S. The third-order valence-corrected chi connectivity index (χ3v) is 7.41. The van der Waals surface area contributed by atoms with E-state index in [0.717, 1.165) is 45.9 Å². The van der Waals surface area contributed by atoms with E-state index in [9.17, 15) is 4.79 Å². The van der Waals surface area contributed by atoms with Crippen LogP contribution in [0, 0.1) is 0 Å². The number of methoxy groups -OCH3 is 2. The van der Waals surface area contributed by atoms with Crippen molar-refractivity contribution in [1.82, 2.24) is 24.8 Å². The van der Waals surface area contributed by atoms with E-state index in [2.05, 4.69) is 37.7 Å². The molecule has 0 spiro atoms. The number of benzene rings is 1. The zero-order valence-electron chi connectivity index (χ0n) is 20.6. The van der Waals surface area contributed by atoms with Gasteiger partial charge in [-0.15, -0.1) is 11.3 Å². The van der Waals surface area contributed by atoms with Gasteiger partial charge in [0.1, 0.15) is 18.0 Å². The number of thiazole rings is 1. The molecule has 3 aromatic rings. The summed E-state index contributed by atoms with van der Waals surface area (Å²) in [5.74, 6) is 1.68. The summed E-state index contributed by atoms with van der Waals surface area (Å²) in [5, 5.41) is 7.03. The highest BCUT2D eigenvalue weighted by molar-refractivity contribution is 7.16. The maximum atomic E-state index is 13.1. The van der Waals surface area contributed by atoms with E-state index in [1.165, 1.54) is 5.57 Å². The molecule has 0 aliphatic carbocycles. The minimum absolute atomic E-state index is 0.0253. The van der Waals surface area contributed by atoms with Gasteiger partial charge in [-0.25, -0.2) is 19.7 Å². The number of rotatable bonds is 9. The summed E-state index contributed by atoms with van der Waals surface area (Å²) in [6.45, 7) is 3.38. The molecule has 0 saturated heterocycles. The molecule has 1 atom stereocenters. The largest absolute Gasteiger partial charge is 0.383 e. The van der Waals surface area contributed by atoms with Gasteiger partial charge in [-0.05, 0) is 30.2 Å². The van der Waals surface area contributed by atoms with Crippen molar-refractivity contribution in [2.24, 2.45) is 0 Å². The molecule has 2 aliphatic heterocycles. The molecule has 36 heavy (non-hydrogen) atoms. The van der Waals surface area contributed by atoms with Crippen LogP contribution in [0.4, 0.5) is 22.1 Å². The van der Waals surface area contributed by atoms with Gasteiger partial charge in [0.25, 0.3) is 0 Å². The van der Waals surface area contributed by atoms with Crippen LogP contribution in [0.3, 0.4) is 0 Å². The van der Waals surface area contributed by atoms with Crippen molar-refractivity contribution in [1.29, 1.82) is 0 Å². The Kier molecular flexibility index (Phi) is 7.59. The van der Waals surface area contributed by atoms with Gasteiger partial charge < -0.3 is 29.9 Å². The number of carbonyl (C=O) groups is 1.